The van der Waals surface area contributed by atoms with Gasteiger partial charge in [-0.1, -0.05) is 31.7 Å². The van der Waals surface area contributed by atoms with E-state index in [-0.39, 0.29) is 24.9 Å². The molecule has 0 atom stereocenters. The second kappa shape index (κ2) is 10.5. The van der Waals surface area contributed by atoms with Crippen LogP contribution in [0, 0.1) is 11.6 Å². The van der Waals surface area contributed by atoms with Gasteiger partial charge in [-0.15, -0.1) is 0 Å². The number of allylic oxidation sites excluding steroid dienone is 1. The molecule has 0 saturated carbocycles. The van der Waals surface area contributed by atoms with E-state index in [1.165, 1.54) is 30.1 Å². The Morgan fingerprint density at radius 3 is 2.59 bits per heavy atom. The molecule has 0 fully saturated rings. The standard InChI is InChI=1S/C22H24F2N4O3S/c1-13(2)20-21(32-17-9-15(23)8-16(24)10-17)28(12-14-5-6-19(29)26-11-14)18(27-20)4-3-7-31-22(25)30/h5,8-11,13H,3-4,6-7,12H2,1-2H3,(H2,25,30). The third kappa shape index (κ3) is 6.25. The molecule has 170 valence electrons. The lowest BCUT2D eigenvalue weighted by atomic mass is 10.1. The van der Waals surface area contributed by atoms with Crippen molar-refractivity contribution in [2.45, 2.75) is 55.5 Å². The van der Waals surface area contributed by atoms with E-state index < -0.39 is 17.7 Å². The van der Waals surface area contributed by atoms with Crippen LogP contribution in [0.15, 0.2) is 44.8 Å². The third-order valence-corrected chi connectivity index (χ3v) is 5.76. The van der Waals surface area contributed by atoms with E-state index in [9.17, 15) is 18.4 Å². The van der Waals surface area contributed by atoms with Gasteiger partial charge in [0.05, 0.1) is 18.8 Å². The van der Waals surface area contributed by atoms with Crippen molar-refractivity contribution in [3.05, 3.63) is 53.0 Å². The Hall–Kier alpha value is -3.01. The van der Waals surface area contributed by atoms with Gasteiger partial charge in [0.1, 0.15) is 22.5 Å². The molecule has 1 aliphatic rings. The summed E-state index contributed by atoms with van der Waals surface area (Å²) < 4.78 is 34.4. The lowest BCUT2D eigenvalue weighted by Crippen LogP contribution is -2.15. The van der Waals surface area contributed by atoms with Crippen LogP contribution in [0.1, 0.15) is 44.1 Å². The highest BCUT2D eigenvalue weighted by Crippen LogP contribution is 2.36. The van der Waals surface area contributed by atoms with Crippen LogP contribution in [0.25, 0.3) is 0 Å². The number of carbonyl (C=O) groups is 2. The highest BCUT2D eigenvalue weighted by molar-refractivity contribution is 7.99. The number of dihydropyridines is 1. The number of amides is 2. The molecule has 2 heterocycles. The van der Waals surface area contributed by atoms with Gasteiger partial charge in [0.25, 0.3) is 0 Å². The SMILES string of the molecule is CC(C)c1nc(CCCOC(N)=O)n(CC2=CCC(=O)N=C2)c1Sc1cc(F)cc(F)c1. The molecule has 2 aromatic rings. The Labute approximate surface area is 188 Å². The summed E-state index contributed by atoms with van der Waals surface area (Å²) in [6.45, 7) is 4.52. The monoisotopic (exact) mass is 462 g/mol. The molecule has 3 rings (SSSR count). The maximum atomic E-state index is 13.8. The Kier molecular flexibility index (Phi) is 7.79. The predicted molar refractivity (Wildman–Crippen MR) is 117 cm³/mol. The summed E-state index contributed by atoms with van der Waals surface area (Å²) in [5.41, 5.74) is 6.64. The lowest BCUT2D eigenvalue weighted by Gasteiger charge is -2.15. The van der Waals surface area contributed by atoms with E-state index >= 15 is 0 Å². The first-order valence-corrected chi connectivity index (χ1v) is 11.0. The fourth-order valence-electron chi connectivity index (χ4n) is 3.21. The molecule has 0 unspecified atom stereocenters. The molecule has 1 aliphatic heterocycles. The van der Waals surface area contributed by atoms with Gasteiger partial charge in [-0.05, 0) is 30.0 Å². The number of nitrogens with zero attached hydrogens (tertiary/aromatic N) is 3. The van der Waals surface area contributed by atoms with Crippen molar-refractivity contribution in [3.8, 4) is 0 Å². The van der Waals surface area contributed by atoms with Crippen molar-refractivity contribution in [2.24, 2.45) is 10.7 Å². The number of benzene rings is 1. The van der Waals surface area contributed by atoms with Gasteiger partial charge < -0.3 is 15.0 Å². The van der Waals surface area contributed by atoms with Crippen molar-refractivity contribution in [3.63, 3.8) is 0 Å². The summed E-state index contributed by atoms with van der Waals surface area (Å²) in [7, 11) is 0. The summed E-state index contributed by atoms with van der Waals surface area (Å²) >= 11 is 1.23. The van der Waals surface area contributed by atoms with E-state index in [1.807, 2.05) is 18.4 Å². The van der Waals surface area contributed by atoms with Gasteiger partial charge in [-0.25, -0.2) is 23.6 Å². The minimum Gasteiger partial charge on any atom is -0.450 e. The van der Waals surface area contributed by atoms with Crippen LogP contribution in [0.5, 0.6) is 0 Å². The highest BCUT2D eigenvalue weighted by Gasteiger charge is 2.22. The molecule has 0 bridgehead atoms. The van der Waals surface area contributed by atoms with E-state index in [4.69, 9.17) is 15.5 Å². The fourth-order valence-corrected chi connectivity index (χ4v) is 4.44. The number of aliphatic imine (C=N–C) groups is 1. The molecule has 32 heavy (non-hydrogen) atoms. The molecular weight excluding hydrogens is 438 g/mol. The number of carbonyl (C=O) groups excluding carboxylic acids is 2. The topological polar surface area (TPSA) is 99.6 Å². The van der Waals surface area contributed by atoms with Crippen LogP contribution in [0.2, 0.25) is 0 Å². The Balaban J connectivity index is 1.98. The molecule has 1 aromatic heterocycles. The number of ether oxygens (including phenoxy) is 1. The third-order valence-electron chi connectivity index (χ3n) is 4.67. The van der Waals surface area contributed by atoms with Crippen LogP contribution in [0.4, 0.5) is 13.6 Å². The minimum atomic E-state index is -0.839. The average Bonchev–Trinajstić information content (AvgIpc) is 3.03. The van der Waals surface area contributed by atoms with Crippen molar-refractivity contribution in [1.29, 1.82) is 0 Å². The fraction of sp³-hybridized carbons (Fsp3) is 0.364. The minimum absolute atomic E-state index is 0.0494. The van der Waals surface area contributed by atoms with E-state index in [2.05, 4.69) is 4.99 Å². The summed E-state index contributed by atoms with van der Waals surface area (Å²) in [6, 6.07) is 3.38. The van der Waals surface area contributed by atoms with Gasteiger partial charge in [-0.3, -0.25) is 4.79 Å². The summed E-state index contributed by atoms with van der Waals surface area (Å²) in [4.78, 5) is 31.3. The quantitative estimate of drug-likeness (QED) is 0.557. The zero-order valence-corrected chi connectivity index (χ0v) is 18.6. The van der Waals surface area contributed by atoms with Crippen LogP contribution in [-0.2, 0) is 22.5 Å². The number of hydrogen-bond acceptors (Lipinski definition) is 5. The number of aryl methyl sites for hydroxylation is 1. The van der Waals surface area contributed by atoms with Crippen LogP contribution >= 0.6 is 11.8 Å². The van der Waals surface area contributed by atoms with Crippen LogP contribution in [-0.4, -0.2) is 34.4 Å². The van der Waals surface area contributed by atoms with Gasteiger partial charge in [-0.2, -0.15) is 0 Å². The van der Waals surface area contributed by atoms with E-state index in [0.29, 0.717) is 24.3 Å². The number of nitrogens with two attached hydrogens (primary N) is 1. The van der Waals surface area contributed by atoms with Gasteiger partial charge in [0.2, 0.25) is 5.91 Å². The average molecular weight is 463 g/mol. The first-order chi connectivity index (χ1) is 15.2. The molecule has 7 nitrogen and oxygen atoms in total. The Bertz CT molecular complexity index is 1060. The van der Waals surface area contributed by atoms with Crippen molar-refractivity contribution >= 4 is 30.0 Å². The van der Waals surface area contributed by atoms with Crippen molar-refractivity contribution in [2.75, 3.05) is 6.61 Å². The second-order valence-electron chi connectivity index (χ2n) is 7.57. The zero-order valence-electron chi connectivity index (χ0n) is 17.8. The van der Waals surface area contributed by atoms with Gasteiger partial charge >= 0.3 is 6.09 Å². The number of imidazole rings is 1. The number of hydrogen-bond donors (Lipinski definition) is 1. The molecule has 0 radical (unpaired) electrons. The first kappa shape index (κ1) is 23.6. The predicted octanol–water partition coefficient (Wildman–Crippen LogP) is 4.39. The molecular formula is C22H24F2N4O3S. The highest BCUT2D eigenvalue weighted by atomic mass is 32.2. The normalized spacial score (nSPS) is 13.5. The Morgan fingerprint density at radius 1 is 1.28 bits per heavy atom. The largest absolute Gasteiger partial charge is 0.450 e. The zero-order chi connectivity index (χ0) is 23.3. The number of halogens is 2. The molecule has 10 heteroatoms. The molecule has 1 aromatic carbocycles. The van der Waals surface area contributed by atoms with Crippen molar-refractivity contribution in [1.82, 2.24) is 9.55 Å². The Morgan fingerprint density at radius 2 is 2.00 bits per heavy atom. The van der Waals surface area contributed by atoms with Gasteiger partial charge in [0.15, 0.2) is 0 Å². The number of rotatable bonds is 9. The molecule has 0 spiro atoms. The second-order valence-corrected chi connectivity index (χ2v) is 8.63. The molecule has 2 N–H and O–H groups in total. The smallest absolute Gasteiger partial charge is 0.404 e. The summed E-state index contributed by atoms with van der Waals surface area (Å²) in [5.74, 6) is -0.750. The summed E-state index contributed by atoms with van der Waals surface area (Å²) in [6.07, 6.45) is 3.71. The lowest BCUT2D eigenvalue weighted by molar-refractivity contribution is -0.117. The maximum Gasteiger partial charge on any atom is 0.404 e. The van der Waals surface area contributed by atoms with Gasteiger partial charge in [0, 0.05) is 30.0 Å². The van der Waals surface area contributed by atoms with Crippen LogP contribution < -0.4 is 5.73 Å². The molecule has 0 aliphatic carbocycles. The number of aromatic nitrogens is 2. The van der Waals surface area contributed by atoms with Crippen LogP contribution in [0.3, 0.4) is 0 Å². The van der Waals surface area contributed by atoms with Crippen molar-refractivity contribution < 1.29 is 23.1 Å². The van der Waals surface area contributed by atoms with E-state index in [1.54, 1.807) is 6.08 Å². The van der Waals surface area contributed by atoms with E-state index in [0.717, 1.165) is 28.2 Å². The maximum absolute atomic E-state index is 13.8. The molecule has 2 amide bonds. The summed E-state index contributed by atoms with van der Waals surface area (Å²) in [5, 5.41) is 0.752. The molecule has 0 saturated heterocycles. The number of primary amides is 1. The first-order valence-electron chi connectivity index (χ1n) is 10.1.